The van der Waals surface area contributed by atoms with Gasteiger partial charge in [-0.25, -0.2) is 9.18 Å². The molecule has 3 nitrogen and oxygen atoms in total. The summed E-state index contributed by atoms with van der Waals surface area (Å²) in [4.78, 5) is 12.1. The number of para-hydroxylation sites is 1. The number of hydrogen-bond donors (Lipinski definition) is 2. The fraction of sp³-hybridized carbons (Fsp3) is 0.188. The van der Waals surface area contributed by atoms with Gasteiger partial charge in [-0.05, 0) is 43.7 Å². The van der Waals surface area contributed by atoms with Crippen LogP contribution in [0.2, 0.25) is 5.02 Å². The van der Waals surface area contributed by atoms with Gasteiger partial charge in [-0.3, -0.25) is 0 Å². The van der Waals surface area contributed by atoms with Gasteiger partial charge in [-0.1, -0.05) is 35.9 Å². The molecule has 110 valence electrons. The van der Waals surface area contributed by atoms with Crippen LogP contribution in [0.4, 0.5) is 14.9 Å². The second kappa shape index (κ2) is 6.14. The van der Waals surface area contributed by atoms with Crippen LogP contribution in [0, 0.1) is 5.82 Å². The van der Waals surface area contributed by atoms with Crippen LogP contribution in [0.25, 0.3) is 0 Å². The molecule has 0 aliphatic rings. The highest BCUT2D eigenvalue weighted by Gasteiger charge is 2.23. The number of amides is 2. The Morgan fingerprint density at radius 2 is 1.71 bits per heavy atom. The van der Waals surface area contributed by atoms with Crippen molar-refractivity contribution in [2.75, 3.05) is 5.32 Å². The molecule has 2 amide bonds. The molecular weight excluding hydrogens is 291 g/mol. The molecule has 2 aromatic rings. The molecule has 0 heterocycles. The Morgan fingerprint density at radius 1 is 1.10 bits per heavy atom. The lowest BCUT2D eigenvalue weighted by molar-refractivity contribution is 0.242. The van der Waals surface area contributed by atoms with Gasteiger partial charge < -0.3 is 10.6 Å². The van der Waals surface area contributed by atoms with Gasteiger partial charge >= 0.3 is 6.03 Å². The zero-order valence-electron chi connectivity index (χ0n) is 11.8. The number of carbonyl (C=O) groups is 1. The first kappa shape index (κ1) is 15.3. The van der Waals surface area contributed by atoms with Crippen LogP contribution in [-0.4, -0.2) is 6.03 Å². The van der Waals surface area contributed by atoms with Crippen molar-refractivity contribution in [3.05, 3.63) is 64.9 Å². The fourth-order valence-corrected chi connectivity index (χ4v) is 2.12. The zero-order chi connectivity index (χ0) is 15.5. The average Bonchev–Trinajstić information content (AvgIpc) is 2.41. The molecule has 5 heteroatoms. The Hall–Kier alpha value is -2.07. The first-order valence-electron chi connectivity index (χ1n) is 6.48. The highest BCUT2D eigenvalue weighted by atomic mass is 35.5. The van der Waals surface area contributed by atoms with Gasteiger partial charge in [0.2, 0.25) is 0 Å². The van der Waals surface area contributed by atoms with E-state index in [-0.39, 0.29) is 11.8 Å². The second-order valence-electron chi connectivity index (χ2n) is 5.19. The summed E-state index contributed by atoms with van der Waals surface area (Å²) in [6.45, 7) is 3.68. The Morgan fingerprint density at radius 3 is 2.33 bits per heavy atom. The lowest BCUT2D eigenvalue weighted by Crippen LogP contribution is -2.43. The van der Waals surface area contributed by atoms with Crippen molar-refractivity contribution >= 4 is 23.3 Å². The topological polar surface area (TPSA) is 41.1 Å². The molecule has 0 unspecified atom stereocenters. The molecule has 0 bridgehead atoms. The van der Waals surface area contributed by atoms with Crippen LogP contribution >= 0.6 is 11.6 Å². The molecule has 0 atom stereocenters. The van der Waals surface area contributed by atoms with Gasteiger partial charge in [0.05, 0.1) is 16.2 Å². The van der Waals surface area contributed by atoms with E-state index in [2.05, 4.69) is 10.6 Å². The molecule has 0 spiro atoms. The molecule has 0 saturated heterocycles. The van der Waals surface area contributed by atoms with Gasteiger partial charge in [0.1, 0.15) is 5.82 Å². The van der Waals surface area contributed by atoms with E-state index in [4.69, 9.17) is 11.6 Å². The maximum absolute atomic E-state index is 13.0. The predicted octanol–water partition coefficient (Wildman–Crippen LogP) is 4.54. The van der Waals surface area contributed by atoms with Crippen LogP contribution in [0.1, 0.15) is 19.4 Å². The lowest BCUT2D eigenvalue weighted by atomic mass is 9.94. The molecule has 0 radical (unpaired) electrons. The molecule has 21 heavy (non-hydrogen) atoms. The van der Waals surface area contributed by atoms with Crippen molar-refractivity contribution in [2.24, 2.45) is 0 Å². The standard InChI is InChI=1S/C16H16ClFN2O/c1-16(2,11-7-9-12(18)10-8-11)20-15(21)19-14-6-4-3-5-13(14)17/h3-10H,1-2H3,(H2,19,20,21). The number of carbonyl (C=O) groups excluding carboxylic acids is 1. The molecule has 0 fully saturated rings. The Bertz CT molecular complexity index is 641. The van der Waals surface area contributed by atoms with E-state index in [9.17, 15) is 9.18 Å². The van der Waals surface area contributed by atoms with E-state index in [1.54, 1.807) is 36.4 Å². The fourth-order valence-electron chi connectivity index (χ4n) is 1.94. The van der Waals surface area contributed by atoms with E-state index in [0.717, 1.165) is 5.56 Å². The van der Waals surface area contributed by atoms with Crippen molar-refractivity contribution in [2.45, 2.75) is 19.4 Å². The summed E-state index contributed by atoms with van der Waals surface area (Å²) in [5.41, 5.74) is 0.698. The first-order chi connectivity index (χ1) is 9.88. The first-order valence-corrected chi connectivity index (χ1v) is 6.86. The van der Waals surface area contributed by atoms with Gasteiger partial charge in [-0.2, -0.15) is 0 Å². The number of hydrogen-bond acceptors (Lipinski definition) is 1. The van der Waals surface area contributed by atoms with Crippen molar-refractivity contribution in [3.8, 4) is 0 Å². The van der Waals surface area contributed by atoms with Crippen LogP contribution < -0.4 is 10.6 Å². The Kier molecular flexibility index (Phi) is 4.48. The quantitative estimate of drug-likeness (QED) is 0.859. The normalized spacial score (nSPS) is 11.0. The lowest BCUT2D eigenvalue weighted by Gasteiger charge is -2.27. The SMILES string of the molecule is CC(C)(NC(=O)Nc1ccccc1Cl)c1ccc(F)cc1. The number of rotatable bonds is 3. The number of anilines is 1. The van der Waals surface area contributed by atoms with Crippen molar-refractivity contribution in [3.63, 3.8) is 0 Å². The molecule has 0 aromatic heterocycles. The second-order valence-corrected chi connectivity index (χ2v) is 5.60. The summed E-state index contributed by atoms with van der Waals surface area (Å²) in [6, 6.07) is 12.6. The zero-order valence-corrected chi connectivity index (χ0v) is 12.5. The maximum atomic E-state index is 13.0. The minimum atomic E-state index is -0.640. The molecule has 0 aliphatic carbocycles. The number of urea groups is 1. The van der Waals surface area contributed by atoms with E-state index in [1.807, 2.05) is 13.8 Å². The molecule has 2 N–H and O–H groups in total. The minimum Gasteiger partial charge on any atom is -0.329 e. The summed E-state index contributed by atoms with van der Waals surface area (Å²) in [7, 11) is 0. The third-order valence-electron chi connectivity index (χ3n) is 3.11. The molecule has 2 rings (SSSR count). The highest BCUT2D eigenvalue weighted by Crippen LogP contribution is 2.23. The highest BCUT2D eigenvalue weighted by molar-refractivity contribution is 6.33. The van der Waals surface area contributed by atoms with Gasteiger partial charge in [0.25, 0.3) is 0 Å². The third-order valence-corrected chi connectivity index (χ3v) is 3.44. The van der Waals surface area contributed by atoms with E-state index in [1.165, 1.54) is 12.1 Å². The number of nitrogens with one attached hydrogen (secondary N) is 2. The van der Waals surface area contributed by atoms with Gasteiger partial charge in [0, 0.05) is 0 Å². The molecule has 2 aromatic carbocycles. The molecule has 0 saturated carbocycles. The summed E-state index contributed by atoms with van der Waals surface area (Å²) in [5.74, 6) is -0.310. The van der Waals surface area contributed by atoms with Crippen LogP contribution in [0.15, 0.2) is 48.5 Å². The Balaban J connectivity index is 2.08. The monoisotopic (exact) mass is 306 g/mol. The summed E-state index contributed by atoms with van der Waals surface area (Å²) in [5, 5.41) is 5.99. The van der Waals surface area contributed by atoms with E-state index in [0.29, 0.717) is 10.7 Å². The largest absolute Gasteiger partial charge is 0.329 e. The maximum Gasteiger partial charge on any atom is 0.319 e. The van der Waals surface area contributed by atoms with Crippen molar-refractivity contribution in [1.82, 2.24) is 5.32 Å². The van der Waals surface area contributed by atoms with Crippen LogP contribution in [0.5, 0.6) is 0 Å². The molecule has 0 aliphatic heterocycles. The minimum absolute atomic E-state index is 0.310. The smallest absolute Gasteiger partial charge is 0.319 e. The van der Waals surface area contributed by atoms with E-state index >= 15 is 0 Å². The van der Waals surface area contributed by atoms with Crippen LogP contribution in [0.3, 0.4) is 0 Å². The average molecular weight is 307 g/mol. The summed E-state index contributed by atoms with van der Waals surface area (Å²) < 4.78 is 13.0. The van der Waals surface area contributed by atoms with Crippen LogP contribution in [-0.2, 0) is 5.54 Å². The van der Waals surface area contributed by atoms with Gasteiger partial charge in [-0.15, -0.1) is 0 Å². The van der Waals surface area contributed by atoms with Crippen molar-refractivity contribution < 1.29 is 9.18 Å². The van der Waals surface area contributed by atoms with E-state index < -0.39 is 5.54 Å². The Labute approximate surface area is 128 Å². The van der Waals surface area contributed by atoms with Gasteiger partial charge in [0.15, 0.2) is 0 Å². The number of benzene rings is 2. The summed E-state index contributed by atoms with van der Waals surface area (Å²) in [6.07, 6.45) is 0. The number of halogens is 2. The predicted molar refractivity (Wildman–Crippen MR) is 83.0 cm³/mol. The third kappa shape index (κ3) is 3.95. The molecular formula is C16H16ClFN2O. The van der Waals surface area contributed by atoms with Crippen molar-refractivity contribution in [1.29, 1.82) is 0 Å². The summed E-state index contributed by atoms with van der Waals surface area (Å²) >= 11 is 5.99.